The Kier molecular flexibility index (Phi) is 5.42. The summed E-state index contributed by atoms with van der Waals surface area (Å²) in [7, 11) is 3.41. The van der Waals surface area contributed by atoms with Crippen LogP contribution in [0.5, 0.6) is 5.88 Å². The van der Waals surface area contributed by atoms with Crippen LogP contribution in [0.2, 0.25) is 0 Å². The zero-order valence-corrected chi connectivity index (χ0v) is 10.6. The van der Waals surface area contributed by atoms with Gasteiger partial charge in [0, 0.05) is 26.6 Å². The first-order valence-electron chi connectivity index (χ1n) is 5.47. The topological polar surface area (TPSA) is 56.3 Å². The van der Waals surface area contributed by atoms with E-state index in [0.717, 1.165) is 17.8 Å². The van der Waals surface area contributed by atoms with Crippen LogP contribution < -0.4 is 10.1 Å². The molecule has 1 aromatic rings. The van der Waals surface area contributed by atoms with Crippen LogP contribution in [-0.2, 0) is 11.3 Å². The summed E-state index contributed by atoms with van der Waals surface area (Å²) in [6, 6.07) is 1.76. The molecular weight excluding hydrogens is 218 g/mol. The fourth-order valence-corrected chi connectivity index (χ4v) is 1.20. The lowest BCUT2D eigenvalue weighted by molar-refractivity contribution is 0.176. The standard InChI is InChI=1S/C12H19N3O2/c1-9(2)5-6-17-12-7-10(13-3)14-11(15-12)8-16-4/h7H,1,5-6,8H2,2-4H3,(H,13,14,15). The molecular formula is C12H19N3O2. The van der Waals surface area contributed by atoms with Gasteiger partial charge in [0.15, 0.2) is 5.82 Å². The Morgan fingerprint density at radius 2 is 2.24 bits per heavy atom. The molecule has 17 heavy (non-hydrogen) atoms. The largest absolute Gasteiger partial charge is 0.477 e. The van der Waals surface area contributed by atoms with Crippen LogP contribution in [0.15, 0.2) is 18.2 Å². The second-order valence-electron chi connectivity index (χ2n) is 3.75. The fourth-order valence-electron chi connectivity index (χ4n) is 1.20. The molecule has 1 N–H and O–H groups in total. The maximum atomic E-state index is 5.54. The Hall–Kier alpha value is -1.62. The molecule has 0 atom stereocenters. The summed E-state index contributed by atoms with van der Waals surface area (Å²) in [4.78, 5) is 8.48. The number of rotatable bonds is 7. The zero-order chi connectivity index (χ0) is 12.7. The lowest BCUT2D eigenvalue weighted by atomic mass is 10.3. The smallest absolute Gasteiger partial charge is 0.218 e. The highest BCUT2D eigenvalue weighted by molar-refractivity contribution is 5.37. The Labute approximate surface area is 102 Å². The Morgan fingerprint density at radius 1 is 1.47 bits per heavy atom. The Bertz CT molecular complexity index is 380. The maximum absolute atomic E-state index is 5.54. The summed E-state index contributed by atoms with van der Waals surface area (Å²) >= 11 is 0. The van der Waals surface area contributed by atoms with Gasteiger partial charge < -0.3 is 14.8 Å². The van der Waals surface area contributed by atoms with Crippen molar-refractivity contribution in [3.63, 3.8) is 0 Å². The number of ether oxygens (including phenoxy) is 2. The van der Waals surface area contributed by atoms with Gasteiger partial charge in [-0.1, -0.05) is 5.57 Å². The van der Waals surface area contributed by atoms with Crippen molar-refractivity contribution < 1.29 is 9.47 Å². The van der Waals surface area contributed by atoms with Crippen molar-refractivity contribution in [1.29, 1.82) is 0 Å². The Morgan fingerprint density at radius 3 is 2.82 bits per heavy atom. The minimum atomic E-state index is 0.367. The summed E-state index contributed by atoms with van der Waals surface area (Å²) in [6.45, 7) is 6.73. The number of nitrogens with one attached hydrogen (secondary N) is 1. The third kappa shape index (κ3) is 4.82. The van der Waals surface area contributed by atoms with Crippen LogP contribution >= 0.6 is 0 Å². The highest BCUT2D eigenvalue weighted by Crippen LogP contribution is 2.14. The summed E-state index contributed by atoms with van der Waals surface area (Å²) in [6.07, 6.45) is 0.818. The van der Waals surface area contributed by atoms with E-state index in [2.05, 4.69) is 21.9 Å². The van der Waals surface area contributed by atoms with Gasteiger partial charge in [0.05, 0.1) is 6.61 Å². The van der Waals surface area contributed by atoms with Gasteiger partial charge in [-0.15, -0.1) is 6.58 Å². The summed E-state index contributed by atoms with van der Waals surface area (Å²) < 4.78 is 10.5. The first-order valence-corrected chi connectivity index (χ1v) is 5.47. The minimum absolute atomic E-state index is 0.367. The molecule has 0 amide bonds. The molecule has 0 fully saturated rings. The van der Waals surface area contributed by atoms with Crippen molar-refractivity contribution in [2.24, 2.45) is 0 Å². The van der Waals surface area contributed by atoms with Crippen LogP contribution in [-0.4, -0.2) is 30.7 Å². The molecule has 0 saturated carbocycles. The summed E-state index contributed by atoms with van der Waals surface area (Å²) in [5.74, 6) is 1.87. The van der Waals surface area contributed by atoms with E-state index in [-0.39, 0.29) is 0 Å². The van der Waals surface area contributed by atoms with Gasteiger partial charge in [-0.05, 0) is 6.92 Å². The van der Waals surface area contributed by atoms with Crippen molar-refractivity contribution in [2.75, 3.05) is 26.1 Å². The van der Waals surface area contributed by atoms with E-state index in [1.807, 2.05) is 6.92 Å². The van der Waals surface area contributed by atoms with Gasteiger partial charge in [-0.2, -0.15) is 4.98 Å². The van der Waals surface area contributed by atoms with Crippen molar-refractivity contribution >= 4 is 5.82 Å². The van der Waals surface area contributed by atoms with Crippen molar-refractivity contribution in [3.05, 3.63) is 24.0 Å². The number of anilines is 1. The molecule has 0 aliphatic rings. The van der Waals surface area contributed by atoms with Crippen LogP contribution in [0.4, 0.5) is 5.82 Å². The number of hydrogen-bond acceptors (Lipinski definition) is 5. The van der Waals surface area contributed by atoms with Gasteiger partial charge in [0.1, 0.15) is 12.4 Å². The van der Waals surface area contributed by atoms with E-state index >= 15 is 0 Å². The molecule has 1 rings (SSSR count). The summed E-state index contributed by atoms with van der Waals surface area (Å²) in [5.41, 5.74) is 1.09. The van der Waals surface area contributed by atoms with E-state index < -0.39 is 0 Å². The van der Waals surface area contributed by atoms with E-state index in [4.69, 9.17) is 9.47 Å². The number of nitrogens with zero attached hydrogens (tertiary/aromatic N) is 2. The molecule has 5 heteroatoms. The first-order chi connectivity index (χ1) is 8.15. The first kappa shape index (κ1) is 13.4. The predicted molar refractivity (Wildman–Crippen MR) is 67.2 cm³/mol. The molecule has 5 nitrogen and oxygen atoms in total. The molecule has 0 unspecified atom stereocenters. The molecule has 0 bridgehead atoms. The van der Waals surface area contributed by atoms with Gasteiger partial charge in [-0.25, -0.2) is 4.98 Å². The van der Waals surface area contributed by atoms with E-state index in [9.17, 15) is 0 Å². The molecule has 94 valence electrons. The highest BCUT2D eigenvalue weighted by atomic mass is 16.5. The number of hydrogen-bond donors (Lipinski definition) is 1. The minimum Gasteiger partial charge on any atom is -0.477 e. The fraction of sp³-hybridized carbons (Fsp3) is 0.500. The molecule has 0 spiro atoms. The second kappa shape index (κ2) is 6.85. The Balaban J connectivity index is 2.69. The molecule has 1 aromatic heterocycles. The maximum Gasteiger partial charge on any atom is 0.218 e. The third-order valence-electron chi connectivity index (χ3n) is 2.06. The van der Waals surface area contributed by atoms with Gasteiger partial charge in [-0.3, -0.25) is 0 Å². The predicted octanol–water partition coefficient (Wildman–Crippen LogP) is 2.01. The molecule has 0 radical (unpaired) electrons. The second-order valence-corrected chi connectivity index (χ2v) is 3.75. The normalized spacial score (nSPS) is 10.1. The van der Waals surface area contributed by atoms with Crippen molar-refractivity contribution in [1.82, 2.24) is 9.97 Å². The lowest BCUT2D eigenvalue weighted by Crippen LogP contribution is -2.06. The van der Waals surface area contributed by atoms with E-state index in [1.54, 1.807) is 20.2 Å². The van der Waals surface area contributed by atoms with Gasteiger partial charge >= 0.3 is 0 Å². The van der Waals surface area contributed by atoms with Crippen LogP contribution in [0.1, 0.15) is 19.2 Å². The molecule has 0 aliphatic heterocycles. The summed E-state index contributed by atoms with van der Waals surface area (Å²) in [5, 5.41) is 2.96. The van der Waals surface area contributed by atoms with E-state index in [1.165, 1.54) is 0 Å². The quantitative estimate of drug-likeness (QED) is 0.735. The third-order valence-corrected chi connectivity index (χ3v) is 2.06. The number of methoxy groups -OCH3 is 1. The molecule has 0 aromatic carbocycles. The molecule has 0 saturated heterocycles. The zero-order valence-electron chi connectivity index (χ0n) is 10.6. The monoisotopic (exact) mass is 237 g/mol. The average molecular weight is 237 g/mol. The van der Waals surface area contributed by atoms with Gasteiger partial charge in [0.2, 0.25) is 5.88 Å². The van der Waals surface area contributed by atoms with Crippen LogP contribution in [0.3, 0.4) is 0 Å². The van der Waals surface area contributed by atoms with Gasteiger partial charge in [0.25, 0.3) is 0 Å². The lowest BCUT2D eigenvalue weighted by Gasteiger charge is -2.08. The van der Waals surface area contributed by atoms with Crippen LogP contribution in [0.25, 0.3) is 0 Å². The van der Waals surface area contributed by atoms with Crippen molar-refractivity contribution in [2.45, 2.75) is 20.0 Å². The highest BCUT2D eigenvalue weighted by Gasteiger charge is 2.04. The molecule has 0 aliphatic carbocycles. The van der Waals surface area contributed by atoms with E-state index in [0.29, 0.717) is 24.9 Å². The van der Waals surface area contributed by atoms with Crippen LogP contribution in [0, 0.1) is 0 Å². The number of aromatic nitrogens is 2. The average Bonchev–Trinajstić information content (AvgIpc) is 2.28. The SMILES string of the molecule is C=C(C)CCOc1cc(NC)nc(COC)n1. The molecule has 1 heterocycles. The van der Waals surface area contributed by atoms with Crippen molar-refractivity contribution in [3.8, 4) is 5.88 Å².